The maximum Gasteiger partial charge on any atom is 0.415 e. The second-order valence-electron chi connectivity index (χ2n) is 8.17. The number of rotatable bonds is 0. The minimum atomic E-state index is -0.575. The van der Waals surface area contributed by atoms with Gasteiger partial charge in [-0.2, -0.15) is 0 Å². The summed E-state index contributed by atoms with van der Waals surface area (Å²) in [5.74, 6) is -0.304. The fraction of sp³-hybridized carbons (Fsp3) is 0.611. The summed E-state index contributed by atoms with van der Waals surface area (Å²) in [4.78, 5) is 14.5. The van der Waals surface area contributed by atoms with Crippen LogP contribution in [0.4, 0.5) is 14.9 Å². The number of fused-ring (bicyclic) bond motifs is 1. The van der Waals surface area contributed by atoms with E-state index in [1.54, 1.807) is 11.0 Å². The highest BCUT2D eigenvalue weighted by Crippen LogP contribution is 2.41. The van der Waals surface area contributed by atoms with Gasteiger partial charge in [0.2, 0.25) is 0 Å². The quantitative estimate of drug-likeness (QED) is 0.573. The Morgan fingerprint density at radius 3 is 2.39 bits per heavy atom. The van der Waals surface area contributed by atoms with Crippen LogP contribution in [0.15, 0.2) is 16.6 Å². The molecule has 0 radical (unpaired) electrons. The SMILES string of the molecule is CC(C)(C)OC(=O)N1c2cc(Br)c(F)cc2CCC1C(C)(C)C. The summed E-state index contributed by atoms with van der Waals surface area (Å²) in [5, 5.41) is 0. The Morgan fingerprint density at radius 1 is 1.26 bits per heavy atom. The molecule has 0 fully saturated rings. The van der Waals surface area contributed by atoms with Crippen molar-refractivity contribution in [3.8, 4) is 0 Å². The zero-order chi connectivity index (χ0) is 17.6. The Balaban J connectivity index is 2.51. The predicted octanol–water partition coefficient (Wildman–Crippen LogP) is 5.69. The van der Waals surface area contributed by atoms with E-state index in [9.17, 15) is 9.18 Å². The van der Waals surface area contributed by atoms with Gasteiger partial charge in [-0.05, 0) is 72.7 Å². The van der Waals surface area contributed by atoms with Crippen molar-refractivity contribution in [1.29, 1.82) is 0 Å². The Labute approximate surface area is 146 Å². The van der Waals surface area contributed by atoms with E-state index in [1.807, 2.05) is 20.8 Å². The summed E-state index contributed by atoms with van der Waals surface area (Å²) < 4.78 is 19.8. The molecule has 0 bridgehead atoms. The van der Waals surface area contributed by atoms with E-state index < -0.39 is 5.60 Å². The highest BCUT2D eigenvalue weighted by molar-refractivity contribution is 9.10. The van der Waals surface area contributed by atoms with Crippen molar-refractivity contribution in [1.82, 2.24) is 0 Å². The number of amides is 1. The molecule has 1 aromatic rings. The molecule has 1 heterocycles. The summed E-state index contributed by atoms with van der Waals surface area (Å²) >= 11 is 3.23. The molecule has 0 saturated carbocycles. The van der Waals surface area contributed by atoms with Crippen LogP contribution in [0.2, 0.25) is 0 Å². The molecular weight excluding hydrogens is 361 g/mol. The molecule has 1 aliphatic rings. The highest BCUT2D eigenvalue weighted by atomic mass is 79.9. The molecular formula is C18H25BrFNO2. The van der Waals surface area contributed by atoms with Crippen LogP contribution in [0.5, 0.6) is 0 Å². The van der Waals surface area contributed by atoms with E-state index in [2.05, 4.69) is 36.7 Å². The van der Waals surface area contributed by atoms with Crippen LogP contribution in [0, 0.1) is 11.2 Å². The minimum Gasteiger partial charge on any atom is -0.443 e. The zero-order valence-corrected chi connectivity index (χ0v) is 16.3. The lowest BCUT2D eigenvalue weighted by molar-refractivity contribution is 0.0531. The molecule has 1 unspecified atom stereocenters. The van der Waals surface area contributed by atoms with Crippen LogP contribution in [0.3, 0.4) is 0 Å². The van der Waals surface area contributed by atoms with E-state index in [1.165, 1.54) is 6.07 Å². The van der Waals surface area contributed by atoms with E-state index >= 15 is 0 Å². The molecule has 1 amide bonds. The number of halogens is 2. The van der Waals surface area contributed by atoms with E-state index in [4.69, 9.17) is 4.74 Å². The summed E-state index contributed by atoms with van der Waals surface area (Å²) in [6, 6.07) is 3.20. The van der Waals surface area contributed by atoms with Gasteiger partial charge in [-0.15, -0.1) is 0 Å². The number of benzene rings is 1. The first kappa shape index (κ1) is 18.2. The second-order valence-corrected chi connectivity index (χ2v) is 9.02. The van der Waals surface area contributed by atoms with E-state index in [0.717, 1.165) is 24.1 Å². The smallest absolute Gasteiger partial charge is 0.415 e. The molecule has 0 spiro atoms. The Hall–Kier alpha value is -1.10. The molecule has 3 nitrogen and oxygen atoms in total. The predicted molar refractivity (Wildman–Crippen MR) is 94.4 cm³/mol. The number of carbonyl (C=O) groups excluding carboxylic acids is 1. The summed E-state index contributed by atoms with van der Waals surface area (Å²) in [6.07, 6.45) is 1.16. The highest BCUT2D eigenvalue weighted by Gasteiger charge is 2.40. The number of nitrogens with zero attached hydrogens (tertiary/aromatic N) is 1. The van der Waals surface area contributed by atoms with Crippen LogP contribution < -0.4 is 4.90 Å². The number of hydrogen-bond acceptors (Lipinski definition) is 2. The van der Waals surface area contributed by atoms with Crippen molar-refractivity contribution in [2.75, 3.05) is 4.90 Å². The van der Waals surface area contributed by atoms with Crippen LogP contribution in [-0.4, -0.2) is 17.7 Å². The topological polar surface area (TPSA) is 29.5 Å². The van der Waals surface area contributed by atoms with E-state index in [0.29, 0.717) is 4.47 Å². The third-order valence-electron chi connectivity index (χ3n) is 3.97. The molecule has 2 rings (SSSR count). The lowest BCUT2D eigenvalue weighted by atomic mass is 9.79. The maximum atomic E-state index is 13.9. The van der Waals surface area contributed by atoms with Crippen molar-refractivity contribution in [3.63, 3.8) is 0 Å². The number of aryl methyl sites for hydroxylation is 1. The minimum absolute atomic E-state index is 0.00205. The van der Waals surface area contributed by atoms with Crippen molar-refractivity contribution >= 4 is 27.7 Å². The molecule has 0 aliphatic carbocycles. The van der Waals surface area contributed by atoms with Gasteiger partial charge < -0.3 is 4.74 Å². The van der Waals surface area contributed by atoms with Crippen LogP contribution in [0.25, 0.3) is 0 Å². The van der Waals surface area contributed by atoms with Gasteiger partial charge >= 0.3 is 6.09 Å². The summed E-state index contributed by atoms with van der Waals surface area (Å²) in [7, 11) is 0. The number of ether oxygens (including phenoxy) is 1. The van der Waals surface area contributed by atoms with E-state index in [-0.39, 0.29) is 23.4 Å². The second kappa shape index (κ2) is 6.08. The number of carbonyl (C=O) groups is 1. The number of anilines is 1. The Morgan fingerprint density at radius 2 is 1.87 bits per heavy atom. The van der Waals surface area contributed by atoms with Gasteiger partial charge in [0.05, 0.1) is 10.2 Å². The zero-order valence-electron chi connectivity index (χ0n) is 14.7. The van der Waals surface area contributed by atoms with Crippen molar-refractivity contribution < 1.29 is 13.9 Å². The first-order valence-electron chi connectivity index (χ1n) is 7.90. The van der Waals surface area contributed by atoms with Gasteiger partial charge in [0.15, 0.2) is 0 Å². The normalized spacial score (nSPS) is 18.6. The molecule has 128 valence electrons. The maximum absolute atomic E-state index is 13.9. The van der Waals surface area contributed by atoms with Crippen molar-refractivity contribution in [2.45, 2.75) is 66.0 Å². The van der Waals surface area contributed by atoms with Crippen LogP contribution in [0.1, 0.15) is 53.5 Å². The fourth-order valence-electron chi connectivity index (χ4n) is 2.95. The lowest BCUT2D eigenvalue weighted by Gasteiger charge is -2.44. The van der Waals surface area contributed by atoms with Gasteiger partial charge in [0.1, 0.15) is 11.4 Å². The lowest BCUT2D eigenvalue weighted by Crippen LogP contribution is -2.51. The first-order chi connectivity index (χ1) is 10.4. The van der Waals surface area contributed by atoms with Crippen molar-refractivity contribution in [3.05, 3.63) is 28.0 Å². The van der Waals surface area contributed by atoms with Gasteiger partial charge in [-0.25, -0.2) is 9.18 Å². The largest absolute Gasteiger partial charge is 0.443 e. The average molecular weight is 386 g/mol. The summed E-state index contributed by atoms with van der Waals surface area (Å²) in [5.41, 5.74) is 0.903. The molecule has 0 saturated heterocycles. The molecule has 1 aromatic carbocycles. The molecule has 1 aliphatic heterocycles. The first-order valence-corrected chi connectivity index (χ1v) is 8.69. The average Bonchev–Trinajstić information content (AvgIpc) is 2.35. The van der Waals surface area contributed by atoms with Gasteiger partial charge in [0.25, 0.3) is 0 Å². The standard InChI is InChI=1S/C18H25BrFNO2/c1-17(2,3)15-8-7-11-9-13(20)12(19)10-14(11)21(15)16(22)23-18(4,5)6/h9-10,15H,7-8H2,1-6H3. The molecule has 0 N–H and O–H groups in total. The van der Waals surface area contributed by atoms with Crippen molar-refractivity contribution in [2.24, 2.45) is 5.41 Å². The molecule has 1 atom stereocenters. The molecule has 5 heteroatoms. The third kappa shape index (κ3) is 4.06. The monoisotopic (exact) mass is 385 g/mol. The molecule has 23 heavy (non-hydrogen) atoms. The Kier molecular flexibility index (Phi) is 4.82. The molecule has 0 aromatic heterocycles. The fourth-order valence-corrected chi connectivity index (χ4v) is 3.28. The van der Waals surface area contributed by atoms with Crippen LogP contribution in [-0.2, 0) is 11.2 Å². The van der Waals surface area contributed by atoms with Crippen LogP contribution >= 0.6 is 15.9 Å². The number of hydrogen-bond donors (Lipinski definition) is 0. The van der Waals surface area contributed by atoms with Gasteiger partial charge in [-0.3, -0.25) is 4.90 Å². The summed E-state index contributed by atoms with van der Waals surface area (Å²) in [6.45, 7) is 11.9. The van der Waals surface area contributed by atoms with Gasteiger partial charge in [-0.1, -0.05) is 20.8 Å². The van der Waals surface area contributed by atoms with Gasteiger partial charge in [0, 0.05) is 6.04 Å². The third-order valence-corrected chi connectivity index (χ3v) is 4.58. The Bertz CT molecular complexity index is 617.